The Morgan fingerprint density at radius 2 is 1.95 bits per heavy atom. The number of aromatic nitrogens is 1. The number of thiophene rings is 1. The Morgan fingerprint density at radius 3 is 2.79 bits per heavy atom. The highest BCUT2D eigenvalue weighted by Gasteiger charge is 2.38. The summed E-state index contributed by atoms with van der Waals surface area (Å²) in [4.78, 5) is 28.9. The molecule has 8 nitrogen and oxygen atoms in total. The van der Waals surface area contributed by atoms with Crippen LogP contribution < -0.4 is 15.6 Å². The maximum atomic E-state index is 14.4. The molecule has 0 saturated carbocycles. The van der Waals surface area contributed by atoms with Crippen molar-refractivity contribution >= 4 is 17.2 Å². The molecule has 2 N–H and O–H groups in total. The average Bonchev–Trinajstić information content (AvgIpc) is 3.30. The second-order valence-electron chi connectivity index (χ2n) is 9.47. The molecule has 2 aliphatic heterocycles. The lowest BCUT2D eigenvalue weighted by Crippen LogP contribution is -2.59. The van der Waals surface area contributed by atoms with E-state index in [0.29, 0.717) is 30.8 Å². The van der Waals surface area contributed by atoms with Crippen LogP contribution in [-0.2, 0) is 11.2 Å². The number of nitrogens with zero attached hydrogens (tertiary/aromatic N) is 2. The van der Waals surface area contributed by atoms with E-state index in [1.807, 2.05) is 24.3 Å². The molecule has 2 aromatic carbocycles. The zero-order valence-corrected chi connectivity index (χ0v) is 21.1. The predicted octanol–water partition coefficient (Wildman–Crippen LogP) is 4.02. The minimum absolute atomic E-state index is 0.110. The van der Waals surface area contributed by atoms with Crippen LogP contribution >= 0.6 is 11.3 Å². The van der Waals surface area contributed by atoms with Gasteiger partial charge < -0.3 is 24.9 Å². The summed E-state index contributed by atoms with van der Waals surface area (Å²) in [5, 5.41) is 11.4. The van der Waals surface area contributed by atoms with Gasteiger partial charge in [-0.25, -0.2) is 9.07 Å². The van der Waals surface area contributed by atoms with Gasteiger partial charge in [0.15, 0.2) is 16.5 Å². The molecule has 0 unspecified atom stereocenters. The fraction of sp³-hybridized carbons (Fsp3) is 0.214. The first-order valence-corrected chi connectivity index (χ1v) is 13.0. The summed E-state index contributed by atoms with van der Waals surface area (Å²) >= 11 is 1.49. The molecule has 1 fully saturated rings. The Bertz CT molecular complexity index is 1710. The Kier molecular flexibility index (Phi) is 5.11. The third kappa shape index (κ3) is 3.30. The summed E-state index contributed by atoms with van der Waals surface area (Å²) in [7, 11) is 1.62. The number of benzene rings is 2. The van der Waals surface area contributed by atoms with Crippen LogP contribution in [0.15, 0.2) is 53.3 Å². The number of methoxy groups -OCH3 is 1. The maximum Gasteiger partial charge on any atom is 0.278 e. The van der Waals surface area contributed by atoms with Gasteiger partial charge >= 0.3 is 0 Å². The third-order valence-corrected chi connectivity index (χ3v) is 8.52. The van der Waals surface area contributed by atoms with Crippen molar-refractivity contribution in [3.63, 3.8) is 0 Å². The molecular weight excluding hydrogens is 509 g/mol. The highest BCUT2D eigenvalue weighted by molar-refractivity contribution is 7.18. The quantitative estimate of drug-likeness (QED) is 0.358. The van der Waals surface area contributed by atoms with E-state index in [1.54, 1.807) is 18.1 Å². The van der Waals surface area contributed by atoms with Crippen LogP contribution in [0, 0.1) is 5.82 Å². The molecule has 38 heavy (non-hydrogen) atoms. The topological polar surface area (TPSA) is 93.0 Å². The number of aromatic hydroxyl groups is 1. The van der Waals surface area contributed by atoms with Crippen molar-refractivity contribution in [1.82, 2.24) is 9.58 Å². The molecule has 7 rings (SSSR count). The summed E-state index contributed by atoms with van der Waals surface area (Å²) in [5.41, 5.74) is 8.10. The van der Waals surface area contributed by atoms with Gasteiger partial charge in [0.1, 0.15) is 12.0 Å². The summed E-state index contributed by atoms with van der Waals surface area (Å²) < 4.78 is 27.1. The van der Waals surface area contributed by atoms with E-state index in [-0.39, 0.29) is 18.1 Å². The van der Waals surface area contributed by atoms with Gasteiger partial charge in [-0.05, 0) is 40.8 Å². The fourth-order valence-electron chi connectivity index (χ4n) is 5.63. The largest absolute Gasteiger partial charge is 0.502 e. The van der Waals surface area contributed by atoms with Crippen LogP contribution in [0.1, 0.15) is 21.6 Å². The first-order valence-electron chi connectivity index (χ1n) is 12.2. The number of carbonyl (C=O) groups is 1. The molecule has 1 atom stereocenters. The number of fused-ring (bicyclic) bond motifs is 7. The molecule has 1 aliphatic carbocycles. The first-order chi connectivity index (χ1) is 18.4. The highest BCUT2D eigenvalue weighted by atomic mass is 32.1. The van der Waals surface area contributed by atoms with Crippen molar-refractivity contribution in [2.75, 3.05) is 32.3 Å². The minimum Gasteiger partial charge on any atom is -0.502 e. The second kappa shape index (κ2) is 8.44. The normalized spacial score (nSPS) is 17.4. The van der Waals surface area contributed by atoms with E-state index in [4.69, 9.17) is 9.47 Å². The number of ether oxygens (including phenoxy) is 2. The van der Waals surface area contributed by atoms with Gasteiger partial charge in [0, 0.05) is 34.7 Å². The number of nitrogens with one attached hydrogen (secondary N) is 1. The molecule has 2 aromatic heterocycles. The molecule has 0 spiro atoms. The van der Waals surface area contributed by atoms with Gasteiger partial charge in [0.05, 0.1) is 26.0 Å². The first kappa shape index (κ1) is 23.0. The fourth-order valence-corrected chi connectivity index (χ4v) is 6.68. The predicted molar refractivity (Wildman–Crippen MR) is 141 cm³/mol. The van der Waals surface area contributed by atoms with Crippen LogP contribution in [0.2, 0.25) is 0 Å². The molecule has 4 heterocycles. The SMILES string of the molecule is COc1cc2c(s1)-c1ccc(F)cc1Cc1c-2cccc1-c1cc(=O)c(O)c2n1N[C@@H]1COCCN1C2=O. The van der Waals surface area contributed by atoms with Crippen molar-refractivity contribution in [2.45, 2.75) is 12.6 Å². The van der Waals surface area contributed by atoms with Crippen LogP contribution in [0.4, 0.5) is 4.39 Å². The van der Waals surface area contributed by atoms with Gasteiger partial charge in [-0.3, -0.25) is 9.59 Å². The van der Waals surface area contributed by atoms with Crippen LogP contribution in [0.25, 0.3) is 32.8 Å². The van der Waals surface area contributed by atoms with Gasteiger partial charge in [-0.2, -0.15) is 0 Å². The highest BCUT2D eigenvalue weighted by Crippen LogP contribution is 2.49. The lowest BCUT2D eigenvalue weighted by Gasteiger charge is -2.42. The molecule has 4 aromatic rings. The van der Waals surface area contributed by atoms with Crippen molar-refractivity contribution in [1.29, 1.82) is 0 Å². The minimum atomic E-state index is -0.649. The van der Waals surface area contributed by atoms with E-state index in [0.717, 1.165) is 37.8 Å². The molecule has 192 valence electrons. The summed E-state index contributed by atoms with van der Waals surface area (Å²) in [6.45, 7) is 0.999. The number of hydrogen-bond acceptors (Lipinski definition) is 7. The molecule has 0 bridgehead atoms. The van der Waals surface area contributed by atoms with E-state index >= 15 is 0 Å². The van der Waals surface area contributed by atoms with Gasteiger partial charge in [-0.1, -0.05) is 35.6 Å². The number of pyridine rings is 1. The summed E-state index contributed by atoms with van der Waals surface area (Å²) in [6, 6.07) is 13.8. The summed E-state index contributed by atoms with van der Waals surface area (Å²) in [6.07, 6.45) is -0.0476. The average molecular weight is 532 g/mol. The van der Waals surface area contributed by atoms with Crippen molar-refractivity contribution in [2.24, 2.45) is 0 Å². The van der Waals surface area contributed by atoms with Crippen molar-refractivity contribution in [3.8, 4) is 43.6 Å². The second-order valence-corrected chi connectivity index (χ2v) is 10.5. The number of amides is 1. The lowest BCUT2D eigenvalue weighted by molar-refractivity contribution is -0.00300. The number of carbonyl (C=O) groups excluding carboxylic acids is 1. The van der Waals surface area contributed by atoms with Crippen molar-refractivity contribution in [3.05, 3.63) is 81.4 Å². The number of halogens is 1. The zero-order valence-electron chi connectivity index (χ0n) is 20.3. The lowest BCUT2D eigenvalue weighted by atomic mass is 9.91. The van der Waals surface area contributed by atoms with E-state index in [1.165, 1.54) is 34.2 Å². The Morgan fingerprint density at radius 1 is 1.11 bits per heavy atom. The Balaban J connectivity index is 1.50. The number of hydrogen-bond donors (Lipinski definition) is 2. The zero-order chi connectivity index (χ0) is 26.1. The molecular formula is C28H22FN3O5S. The number of morpholine rings is 1. The third-order valence-electron chi connectivity index (χ3n) is 7.39. The Labute approximate surface area is 220 Å². The van der Waals surface area contributed by atoms with Crippen molar-refractivity contribution < 1.29 is 23.8 Å². The Hall–Kier alpha value is -4.15. The molecule has 10 heteroatoms. The summed E-state index contributed by atoms with van der Waals surface area (Å²) in [5.74, 6) is -1.37. The smallest absolute Gasteiger partial charge is 0.278 e. The van der Waals surface area contributed by atoms with E-state index in [9.17, 15) is 19.1 Å². The van der Waals surface area contributed by atoms with Crippen LogP contribution in [0.5, 0.6) is 10.8 Å². The number of rotatable bonds is 2. The van der Waals surface area contributed by atoms with Gasteiger partial charge in [-0.15, -0.1) is 0 Å². The van der Waals surface area contributed by atoms with E-state index in [2.05, 4.69) is 5.43 Å². The maximum absolute atomic E-state index is 14.4. The van der Waals surface area contributed by atoms with E-state index < -0.39 is 23.3 Å². The van der Waals surface area contributed by atoms with Crippen LogP contribution in [0.3, 0.4) is 0 Å². The van der Waals surface area contributed by atoms with Gasteiger partial charge in [0.2, 0.25) is 5.43 Å². The molecule has 1 amide bonds. The standard InChI is InChI=1S/C28H22FN3O5S/c1-36-24-11-20-17-3-2-4-18(19(17)10-14-9-15(29)5-6-16(14)27(20)38-24)21-12-22(33)26(34)25-28(35)31-7-8-37-13-23(31)30-32(21)25/h2-6,9,11-12,23,30,34H,7-8,10,13H2,1H3/t23-/m0/s1. The van der Waals surface area contributed by atoms with Gasteiger partial charge in [0.25, 0.3) is 5.91 Å². The molecule has 3 aliphatic rings. The molecule has 0 radical (unpaired) electrons. The van der Waals surface area contributed by atoms with Crippen LogP contribution in [-0.4, -0.2) is 53.6 Å². The molecule has 1 saturated heterocycles. The monoisotopic (exact) mass is 531 g/mol.